The van der Waals surface area contributed by atoms with Gasteiger partial charge in [0.1, 0.15) is 0 Å². The lowest BCUT2D eigenvalue weighted by molar-refractivity contribution is 0.494. The van der Waals surface area contributed by atoms with Gasteiger partial charge in [0.2, 0.25) is 0 Å². The molecule has 0 bridgehead atoms. The van der Waals surface area contributed by atoms with Crippen LogP contribution >= 0.6 is 0 Å². The van der Waals surface area contributed by atoms with E-state index in [4.69, 9.17) is 0 Å². The molecule has 1 nitrogen and oxygen atoms in total. The van der Waals surface area contributed by atoms with Crippen LogP contribution in [0.1, 0.15) is 24.6 Å². The van der Waals surface area contributed by atoms with Crippen LogP contribution in [0.3, 0.4) is 0 Å². The van der Waals surface area contributed by atoms with Gasteiger partial charge in [-0.2, -0.15) is 0 Å². The summed E-state index contributed by atoms with van der Waals surface area (Å²) in [7, 11) is 0. The van der Waals surface area contributed by atoms with Gasteiger partial charge in [0, 0.05) is 11.9 Å². The van der Waals surface area contributed by atoms with E-state index in [1.54, 1.807) is 0 Å². The smallest absolute Gasteiger partial charge is 0.0435 e. The fraction of sp³-hybridized carbons (Fsp3) is 0.500. The maximum absolute atomic E-state index is 4.35. The molecule has 0 radical (unpaired) electrons. The first-order valence-corrected chi connectivity index (χ1v) is 4.29. The number of hydrogen-bond donors (Lipinski definition) is 0. The molecule has 1 aliphatic carbocycles. The van der Waals surface area contributed by atoms with Gasteiger partial charge in [0.05, 0.1) is 0 Å². The zero-order chi connectivity index (χ0) is 7.68. The molecule has 1 aromatic heterocycles. The standard InChI is InChI=1S/C10H13N/c1-8-4-5-10-9(7-8)3-2-6-11-10/h2-3,6,8H,4-5,7H2,1H3/t8-/m1/s1. The molecule has 1 heterocycles. The molecule has 0 N–H and O–H groups in total. The van der Waals surface area contributed by atoms with Crippen molar-refractivity contribution >= 4 is 0 Å². The summed E-state index contributed by atoms with van der Waals surface area (Å²) >= 11 is 0. The third-order valence-corrected chi connectivity index (χ3v) is 2.43. The topological polar surface area (TPSA) is 12.9 Å². The van der Waals surface area contributed by atoms with Crippen LogP contribution in [0.2, 0.25) is 0 Å². The second-order valence-corrected chi connectivity index (χ2v) is 3.46. The van der Waals surface area contributed by atoms with E-state index in [0.717, 1.165) is 5.92 Å². The minimum atomic E-state index is 0.853. The first-order chi connectivity index (χ1) is 5.36. The van der Waals surface area contributed by atoms with Crippen molar-refractivity contribution in [2.45, 2.75) is 26.2 Å². The van der Waals surface area contributed by atoms with E-state index in [2.05, 4.69) is 18.0 Å². The van der Waals surface area contributed by atoms with Crippen molar-refractivity contribution in [3.8, 4) is 0 Å². The van der Waals surface area contributed by atoms with Gasteiger partial charge in [-0.3, -0.25) is 4.98 Å². The van der Waals surface area contributed by atoms with Gasteiger partial charge in [-0.15, -0.1) is 0 Å². The summed E-state index contributed by atoms with van der Waals surface area (Å²) in [5, 5.41) is 0. The summed E-state index contributed by atoms with van der Waals surface area (Å²) < 4.78 is 0. The Balaban J connectivity index is 2.34. The molecular formula is C10H13N. The predicted molar refractivity (Wildman–Crippen MR) is 45.4 cm³/mol. The van der Waals surface area contributed by atoms with Crippen molar-refractivity contribution in [2.24, 2.45) is 5.92 Å². The molecule has 0 unspecified atom stereocenters. The summed E-state index contributed by atoms with van der Waals surface area (Å²) in [6.07, 6.45) is 5.61. The van der Waals surface area contributed by atoms with E-state index in [9.17, 15) is 0 Å². The van der Waals surface area contributed by atoms with Gasteiger partial charge in [-0.05, 0) is 36.8 Å². The van der Waals surface area contributed by atoms with Crippen LogP contribution < -0.4 is 0 Å². The molecule has 0 fully saturated rings. The predicted octanol–water partition coefficient (Wildman–Crippen LogP) is 2.21. The molecule has 58 valence electrons. The van der Waals surface area contributed by atoms with Gasteiger partial charge in [0.15, 0.2) is 0 Å². The van der Waals surface area contributed by atoms with Crippen LogP contribution in [0.5, 0.6) is 0 Å². The Labute approximate surface area is 67.5 Å². The highest BCUT2D eigenvalue weighted by atomic mass is 14.7. The van der Waals surface area contributed by atoms with Gasteiger partial charge in [0.25, 0.3) is 0 Å². The molecule has 0 aromatic carbocycles. The van der Waals surface area contributed by atoms with Crippen LogP contribution in [0.15, 0.2) is 18.3 Å². The van der Waals surface area contributed by atoms with E-state index in [1.807, 2.05) is 12.3 Å². The average Bonchev–Trinajstić information content (AvgIpc) is 2.04. The molecule has 1 atom stereocenters. The fourth-order valence-corrected chi connectivity index (χ4v) is 1.74. The summed E-state index contributed by atoms with van der Waals surface area (Å²) in [4.78, 5) is 4.35. The highest BCUT2D eigenvalue weighted by Crippen LogP contribution is 2.22. The number of nitrogens with zero attached hydrogens (tertiary/aromatic N) is 1. The lowest BCUT2D eigenvalue weighted by Gasteiger charge is -2.19. The Morgan fingerprint density at radius 1 is 1.55 bits per heavy atom. The minimum absolute atomic E-state index is 0.853. The molecule has 0 amide bonds. The molecule has 2 rings (SSSR count). The van der Waals surface area contributed by atoms with Gasteiger partial charge >= 0.3 is 0 Å². The third kappa shape index (κ3) is 1.28. The Bertz CT molecular complexity index is 255. The van der Waals surface area contributed by atoms with E-state index in [-0.39, 0.29) is 0 Å². The first-order valence-electron chi connectivity index (χ1n) is 4.29. The lowest BCUT2D eigenvalue weighted by Crippen LogP contribution is -2.12. The molecule has 1 aliphatic rings. The highest BCUT2D eigenvalue weighted by Gasteiger charge is 2.14. The molecule has 0 saturated carbocycles. The van der Waals surface area contributed by atoms with Crippen molar-refractivity contribution < 1.29 is 0 Å². The van der Waals surface area contributed by atoms with Crippen molar-refractivity contribution in [1.82, 2.24) is 4.98 Å². The summed E-state index contributed by atoms with van der Waals surface area (Å²) in [6.45, 7) is 2.32. The highest BCUT2D eigenvalue weighted by molar-refractivity contribution is 5.22. The van der Waals surface area contributed by atoms with Crippen LogP contribution in [-0.4, -0.2) is 4.98 Å². The number of fused-ring (bicyclic) bond motifs is 1. The Kier molecular flexibility index (Phi) is 1.65. The molecule has 1 heteroatoms. The van der Waals surface area contributed by atoms with Crippen molar-refractivity contribution in [1.29, 1.82) is 0 Å². The zero-order valence-electron chi connectivity index (χ0n) is 6.88. The maximum Gasteiger partial charge on any atom is 0.0435 e. The summed E-state index contributed by atoms with van der Waals surface area (Å²) in [6, 6.07) is 4.24. The minimum Gasteiger partial charge on any atom is -0.261 e. The number of hydrogen-bond acceptors (Lipinski definition) is 1. The second-order valence-electron chi connectivity index (χ2n) is 3.46. The van der Waals surface area contributed by atoms with Gasteiger partial charge in [-0.1, -0.05) is 13.0 Å². The van der Waals surface area contributed by atoms with Crippen molar-refractivity contribution in [2.75, 3.05) is 0 Å². The molecule has 0 spiro atoms. The van der Waals surface area contributed by atoms with Gasteiger partial charge in [-0.25, -0.2) is 0 Å². The van der Waals surface area contributed by atoms with Crippen molar-refractivity contribution in [3.05, 3.63) is 29.6 Å². The Morgan fingerprint density at radius 3 is 3.36 bits per heavy atom. The van der Waals surface area contributed by atoms with Gasteiger partial charge < -0.3 is 0 Å². The number of aromatic nitrogens is 1. The first kappa shape index (κ1) is 6.84. The van der Waals surface area contributed by atoms with Crippen LogP contribution in [0.4, 0.5) is 0 Å². The quantitative estimate of drug-likeness (QED) is 0.548. The van der Waals surface area contributed by atoms with E-state index >= 15 is 0 Å². The van der Waals surface area contributed by atoms with Crippen LogP contribution in [-0.2, 0) is 12.8 Å². The number of aryl methyl sites for hydroxylation is 1. The molecule has 11 heavy (non-hydrogen) atoms. The van der Waals surface area contributed by atoms with Crippen LogP contribution in [0.25, 0.3) is 0 Å². The monoisotopic (exact) mass is 147 g/mol. The molecular weight excluding hydrogens is 134 g/mol. The van der Waals surface area contributed by atoms with E-state index in [1.165, 1.54) is 30.5 Å². The van der Waals surface area contributed by atoms with Crippen molar-refractivity contribution in [3.63, 3.8) is 0 Å². The second kappa shape index (κ2) is 2.65. The van der Waals surface area contributed by atoms with E-state index in [0.29, 0.717) is 0 Å². The fourth-order valence-electron chi connectivity index (χ4n) is 1.74. The molecule has 1 aromatic rings. The zero-order valence-corrected chi connectivity index (χ0v) is 6.88. The summed E-state index contributed by atoms with van der Waals surface area (Å²) in [5.74, 6) is 0.853. The average molecular weight is 147 g/mol. The van der Waals surface area contributed by atoms with E-state index < -0.39 is 0 Å². The molecule has 0 aliphatic heterocycles. The maximum atomic E-state index is 4.35. The summed E-state index contributed by atoms with van der Waals surface area (Å²) in [5.41, 5.74) is 2.79. The number of rotatable bonds is 0. The Morgan fingerprint density at radius 2 is 2.45 bits per heavy atom. The SMILES string of the molecule is C[C@@H]1CCc2ncccc2C1. The normalized spacial score (nSPS) is 22.8. The largest absolute Gasteiger partial charge is 0.261 e. The number of pyridine rings is 1. The molecule has 0 saturated heterocycles. The lowest BCUT2D eigenvalue weighted by atomic mass is 9.88. The van der Waals surface area contributed by atoms with Crippen LogP contribution in [0, 0.1) is 5.92 Å². The Hall–Kier alpha value is -0.850. The third-order valence-electron chi connectivity index (χ3n) is 2.43.